The first kappa shape index (κ1) is 15.8. The summed E-state index contributed by atoms with van der Waals surface area (Å²) in [5.74, 6) is 0.0189. The number of nitrogens with one attached hydrogen (secondary N) is 2. The van der Waals surface area contributed by atoms with Crippen molar-refractivity contribution in [2.45, 2.75) is 70.9 Å². The molecule has 2 unspecified atom stereocenters. The quantitative estimate of drug-likeness (QED) is 0.602. The van der Waals surface area contributed by atoms with Gasteiger partial charge in [-0.1, -0.05) is 19.8 Å². The van der Waals surface area contributed by atoms with E-state index in [2.05, 4.69) is 17.6 Å². The Morgan fingerprint density at radius 3 is 2.53 bits per heavy atom. The van der Waals surface area contributed by atoms with Crippen LogP contribution in [0.4, 0.5) is 4.79 Å². The molecule has 1 aliphatic rings. The molecule has 110 valence electrons. The van der Waals surface area contributed by atoms with Gasteiger partial charge in [-0.05, 0) is 38.5 Å². The van der Waals surface area contributed by atoms with Crippen LogP contribution in [0.5, 0.6) is 0 Å². The van der Waals surface area contributed by atoms with Crippen LogP contribution in [0.25, 0.3) is 0 Å². The maximum absolute atomic E-state index is 11.8. The third kappa shape index (κ3) is 7.70. The molecule has 5 nitrogen and oxygen atoms in total. The van der Waals surface area contributed by atoms with Crippen molar-refractivity contribution in [2.75, 3.05) is 0 Å². The molecule has 0 aromatic rings. The molecule has 2 atom stereocenters. The molecule has 0 aromatic carbocycles. The lowest BCUT2D eigenvalue weighted by Crippen LogP contribution is -2.45. The van der Waals surface area contributed by atoms with Crippen LogP contribution in [0, 0.1) is 5.92 Å². The smallest absolute Gasteiger partial charge is 0.315 e. The highest BCUT2D eigenvalue weighted by Gasteiger charge is 2.25. The lowest BCUT2D eigenvalue weighted by molar-refractivity contribution is -0.137. The van der Waals surface area contributed by atoms with Gasteiger partial charge < -0.3 is 15.7 Å². The van der Waals surface area contributed by atoms with Crippen molar-refractivity contribution in [1.29, 1.82) is 0 Å². The average molecular weight is 270 g/mol. The van der Waals surface area contributed by atoms with E-state index in [4.69, 9.17) is 5.11 Å². The van der Waals surface area contributed by atoms with Crippen LogP contribution in [0.15, 0.2) is 0 Å². The largest absolute Gasteiger partial charge is 0.481 e. The normalized spacial score (nSPS) is 17.6. The van der Waals surface area contributed by atoms with E-state index in [0.29, 0.717) is 12.8 Å². The van der Waals surface area contributed by atoms with Gasteiger partial charge in [0.25, 0.3) is 0 Å². The van der Waals surface area contributed by atoms with Gasteiger partial charge in [0, 0.05) is 18.5 Å². The van der Waals surface area contributed by atoms with Gasteiger partial charge >= 0.3 is 12.0 Å². The number of carbonyl (C=O) groups is 2. The summed E-state index contributed by atoms with van der Waals surface area (Å²) in [5, 5.41) is 14.4. The number of carboxylic acids is 1. The first-order valence-corrected chi connectivity index (χ1v) is 7.30. The molecule has 2 amide bonds. The van der Waals surface area contributed by atoms with Crippen molar-refractivity contribution in [3.05, 3.63) is 0 Å². The highest BCUT2D eigenvalue weighted by Crippen LogP contribution is 2.33. The SMILES string of the molecule is CCC(CC1CC1)NC(=O)NC(C)CCCC(=O)O. The number of rotatable bonds is 9. The molecule has 0 aromatic heterocycles. The summed E-state index contributed by atoms with van der Waals surface area (Å²) in [6.45, 7) is 3.99. The van der Waals surface area contributed by atoms with Crippen LogP contribution in [-0.4, -0.2) is 29.2 Å². The molecular formula is C14H26N2O3. The summed E-state index contributed by atoms with van der Waals surface area (Å²) in [7, 11) is 0. The molecule has 1 aliphatic carbocycles. The minimum atomic E-state index is -0.785. The number of amides is 2. The van der Waals surface area contributed by atoms with E-state index in [0.717, 1.165) is 18.8 Å². The number of carboxylic acid groups (broad SMARTS) is 1. The predicted molar refractivity (Wildman–Crippen MR) is 74.0 cm³/mol. The molecule has 19 heavy (non-hydrogen) atoms. The Labute approximate surface area is 115 Å². The van der Waals surface area contributed by atoms with Crippen LogP contribution in [0.2, 0.25) is 0 Å². The lowest BCUT2D eigenvalue weighted by Gasteiger charge is -2.19. The van der Waals surface area contributed by atoms with E-state index in [1.54, 1.807) is 0 Å². The summed E-state index contributed by atoms with van der Waals surface area (Å²) >= 11 is 0. The van der Waals surface area contributed by atoms with Gasteiger partial charge in [-0.2, -0.15) is 0 Å². The van der Waals surface area contributed by atoms with Crippen LogP contribution < -0.4 is 10.6 Å². The summed E-state index contributed by atoms with van der Waals surface area (Å²) in [6.07, 6.45) is 6.08. The minimum absolute atomic E-state index is 0.0118. The Balaban J connectivity index is 2.15. The van der Waals surface area contributed by atoms with Crippen molar-refractivity contribution in [2.24, 2.45) is 5.92 Å². The lowest BCUT2D eigenvalue weighted by atomic mass is 10.1. The zero-order valence-corrected chi connectivity index (χ0v) is 11.9. The minimum Gasteiger partial charge on any atom is -0.481 e. The number of hydrogen-bond acceptors (Lipinski definition) is 2. The Bertz CT molecular complexity index is 303. The Morgan fingerprint density at radius 1 is 1.32 bits per heavy atom. The molecular weight excluding hydrogens is 244 g/mol. The highest BCUT2D eigenvalue weighted by molar-refractivity contribution is 5.74. The summed E-state index contributed by atoms with van der Waals surface area (Å²) in [4.78, 5) is 22.2. The van der Waals surface area contributed by atoms with E-state index >= 15 is 0 Å². The van der Waals surface area contributed by atoms with Gasteiger partial charge in [-0.15, -0.1) is 0 Å². The fourth-order valence-corrected chi connectivity index (χ4v) is 2.17. The molecule has 0 radical (unpaired) electrons. The molecule has 1 fully saturated rings. The van der Waals surface area contributed by atoms with Crippen molar-refractivity contribution in [3.63, 3.8) is 0 Å². The van der Waals surface area contributed by atoms with Gasteiger partial charge in [-0.3, -0.25) is 4.79 Å². The second kappa shape index (κ2) is 8.02. The summed E-state index contributed by atoms with van der Waals surface area (Å²) < 4.78 is 0. The molecule has 5 heteroatoms. The topological polar surface area (TPSA) is 78.4 Å². The van der Waals surface area contributed by atoms with Gasteiger partial charge in [0.2, 0.25) is 0 Å². The van der Waals surface area contributed by atoms with E-state index in [-0.39, 0.29) is 24.5 Å². The first-order valence-electron chi connectivity index (χ1n) is 7.30. The van der Waals surface area contributed by atoms with Gasteiger partial charge in [0.05, 0.1) is 0 Å². The van der Waals surface area contributed by atoms with Crippen LogP contribution in [0.1, 0.15) is 58.8 Å². The van der Waals surface area contributed by atoms with Crippen LogP contribution >= 0.6 is 0 Å². The number of hydrogen-bond donors (Lipinski definition) is 3. The van der Waals surface area contributed by atoms with Gasteiger partial charge in [-0.25, -0.2) is 4.79 Å². The number of aliphatic carboxylic acids is 1. The Kier molecular flexibility index (Phi) is 6.67. The van der Waals surface area contributed by atoms with E-state index < -0.39 is 5.97 Å². The van der Waals surface area contributed by atoms with E-state index in [9.17, 15) is 9.59 Å². The maximum atomic E-state index is 11.8. The standard InChI is InChI=1S/C14H26N2O3/c1-3-12(9-11-7-8-11)16-14(19)15-10(2)5-4-6-13(17)18/h10-12H,3-9H2,1-2H3,(H,17,18)(H2,15,16,19). The van der Waals surface area contributed by atoms with Crippen LogP contribution in [-0.2, 0) is 4.79 Å². The third-order valence-corrected chi connectivity index (χ3v) is 3.55. The second-order valence-corrected chi connectivity index (χ2v) is 5.59. The molecule has 0 saturated heterocycles. The molecule has 3 N–H and O–H groups in total. The summed E-state index contributed by atoms with van der Waals surface area (Å²) in [5.41, 5.74) is 0. The zero-order valence-electron chi connectivity index (χ0n) is 11.9. The average Bonchev–Trinajstić information content (AvgIpc) is 3.11. The fraction of sp³-hybridized carbons (Fsp3) is 0.857. The highest BCUT2D eigenvalue weighted by atomic mass is 16.4. The zero-order chi connectivity index (χ0) is 14.3. The van der Waals surface area contributed by atoms with Crippen molar-refractivity contribution in [3.8, 4) is 0 Å². The number of urea groups is 1. The number of carbonyl (C=O) groups excluding carboxylic acids is 1. The van der Waals surface area contributed by atoms with Crippen molar-refractivity contribution < 1.29 is 14.7 Å². The Morgan fingerprint density at radius 2 is 2.00 bits per heavy atom. The molecule has 0 bridgehead atoms. The van der Waals surface area contributed by atoms with E-state index in [1.807, 2.05) is 6.92 Å². The molecule has 0 aliphatic heterocycles. The predicted octanol–water partition coefficient (Wildman–Crippen LogP) is 2.51. The molecule has 0 heterocycles. The molecule has 1 rings (SSSR count). The van der Waals surface area contributed by atoms with Gasteiger partial charge in [0.15, 0.2) is 0 Å². The fourth-order valence-electron chi connectivity index (χ4n) is 2.17. The third-order valence-electron chi connectivity index (χ3n) is 3.55. The first-order chi connectivity index (χ1) is 9.01. The second-order valence-electron chi connectivity index (χ2n) is 5.59. The van der Waals surface area contributed by atoms with Crippen molar-refractivity contribution >= 4 is 12.0 Å². The molecule has 0 spiro atoms. The van der Waals surface area contributed by atoms with Crippen LogP contribution in [0.3, 0.4) is 0 Å². The summed E-state index contributed by atoms with van der Waals surface area (Å²) in [6, 6.07) is 0.145. The maximum Gasteiger partial charge on any atom is 0.315 e. The Hall–Kier alpha value is -1.26. The van der Waals surface area contributed by atoms with E-state index in [1.165, 1.54) is 12.8 Å². The van der Waals surface area contributed by atoms with Crippen molar-refractivity contribution in [1.82, 2.24) is 10.6 Å². The van der Waals surface area contributed by atoms with Gasteiger partial charge in [0.1, 0.15) is 0 Å². The monoisotopic (exact) mass is 270 g/mol. The molecule has 1 saturated carbocycles.